The van der Waals surface area contributed by atoms with Crippen molar-refractivity contribution in [2.24, 2.45) is 5.73 Å². The minimum absolute atomic E-state index is 0.310. The normalized spacial score (nSPS) is 12.2. The Morgan fingerprint density at radius 2 is 2.18 bits per heavy atom. The number of carbonyl (C=O) groups is 1. The third-order valence-electron chi connectivity index (χ3n) is 2.51. The fraction of sp³-hybridized carbons (Fsp3) is 0.417. The van der Waals surface area contributed by atoms with Gasteiger partial charge in [-0.05, 0) is 18.7 Å². The highest BCUT2D eigenvalue weighted by Crippen LogP contribution is 2.16. The van der Waals surface area contributed by atoms with Gasteiger partial charge in [0.15, 0.2) is 0 Å². The van der Waals surface area contributed by atoms with Crippen molar-refractivity contribution >= 4 is 11.6 Å². The molecular formula is C12H18FN3O. The van der Waals surface area contributed by atoms with E-state index in [2.05, 4.69) is 5.32 Å². The average molecular weight is 239 g/mol. The summed E-state index contributed by atoms with van der Waals surface area (Å²) in [5.41, 5.74) is 5.72. The van der Waals surface area contributed by atoms with Gasteiger partial charge >= 0.3 is 0 Å². The molecule has 1 unspecified atom stereocenters. The molecule has 0 heterocycles. The zero-order chi connectivity index (χ0) is 12.8. The summed E-state index contributed by atoms with van der Waals surface area (Å²) in [6.45, 7) is 2.86. The maximum absolute atomic E-state index is 13.5. The van der Waals surface area contributed by atoms with Crippen molar-refractivity contribution in [3.8, 4) is 0 Å². The third-order valence-corrected chi connectivity index (χ3v) is 2.51. The standard InChI is InChI=1S/C12H18FN3O/c1-3-15-10(12(14)17)8-16(2)11-7-5-4-6-9(11)13/h4-7,10,15H,3,8H2,1-2H3,(H2,14,17). The number of carbonyl (C=O) groups excluding carboxylic acids is 1. The van der Waals surface area contributed by atoms with E-state index in [9.17, 15) is 9.18 Å². The maximum Gasteiger partial charge on any atom is 0.236 e. The zero-order valence-corrected chi connectivity index (χ0v) is 10.1. The molecule has 1 amide bonds. The fourth-order valence-electron chi connectivity index (χ4n) is 1.64. The van der Waals surface area contributed by atoms with E-state index in [0.29, 0.717) is 18.8 Å². The minimum Gasteiger partial charge on any atom is -0.370 e. The lowest BCUT2D eigenvalue weighted by Crippen LogP contribution is -2.48. The van der Waals surface area contributed by atoms with Gasteiger partial charge < -0.3 is 16.0 Å². The van der Waals surface area contributed by atoms with E-state index in [-0.39, 0.29) is 5.82 Å². The number of nitrogens with two attached hydrogens (primary N) is 1. The van der Waals surface area contributed by atoms with Crippen molar-refractivity contribution in [1.82, 2.24) is 5.32 Å². The number of rotatable bonds is 6. The molecule has 0 radical (unpaired) electrons. The fourth-order valence-corrected chi connectivity index (χ4v) is 1.64. The van der Waals surface area contributed by atoms with Crippen molar-refractivity contribution in [3.05, 3.63) is 30.1 Å². The molecule has 17 heavy (non-hydrogen) atoms. The number of benzene rings is 1. The molecule has 5 heteroatoms. The molecular weight excluding hydrogens is 221 g/mol. The van der Waals surface area contributed by atoms with Crippen LogP contribution in [0.25, 0.3) is 0 Å². The molecule has 1 atom stereocenters. The molecule has 4 nitrogen and oxygen atoms in total. The van der Waals surface area contributed by atoms with Crippen molar-refractivity contribution in [2.45, 2.75) is 13.0 Å². The first-order chi connectivity index (χ1) is 8.06. The Kier molecular flexibility index (Phi) is 4.90. The van der Waals surface area contributed by atoms with Crippen LogP contribution >= 0.6 is 0 Å². The van der Waals surface area contributed by atoms with Gasteiger partial charge in [-0.25, -0.2) is 4.39 Å². The Bertz CT molecular complexity index is 384. The maximum atomic E-state index is 13.5. The summed E-state index contributed by atoms with van der Waals surface area (Å²) in [6.07, 6.45) is 0. The molecule has 1 rings (SSSR count). The first-order valence-electron chi connectivity index (χ1n) is 5.54. The Morgan fingerprint density at radius 3 is 2.71 bits per heavy atom. The number of nitrogens with one attached hydrogen (secondary N) is 1. The SMILES string of the molecule is CCNC(CN(C)c1ccccc1F)C(N)=O. The molecule has 1 aromatic carbocycles. The van der Waals surface area contributed by atoms with Gasteiger partial charge in [0.05, 0.1) is 5.69 Å². The summed E-state index contributed by atoms with van der Waals surface area (Å²) < 4.78 is 13.5. The van der Waals surface area contributed by atoms with E-state index < -0.39 is 11.9 Å². The number of likely N-dealkylation sites (N-methyl/N-ethyl adjacent to an activating group) is 2. The van der Waals surface area contributed by atoms with Gasteiger partial charge in [0, 0.05) is 13.6 Å². The van der Waals surface area contributed by atoms with Crippen LogP contribution in [0.4, 0.5) is 10.1 Å². The first kappa shape index (κ1) is 13.4. The topological polar surface area (TPSA) is 58.4 Å². The van der Waals surface area contributed by atoms with Gasteiger partial charge in [-0.15, -0.1) is 0 Å². The molecule has 0 fully saturated rings. The number of hydrogen-bond acceptors (Lipinski definition) is 3. The highest BCUT2D eigenvalue weighted by Gasteiger charge is 2.17. The van der Waals surface area contributed by atoms with Gasteiger partial charge in [0.2, 0.25) is 5.91 Å². The smallest absolute Gasteiger partial charge is 0.236 e. The molecule has 0 aromatic heterocycles. The quantitative estimate of drug-likeness (QED) is 0.769. The van der Waals surface area contributed by atoms with Crippen molar-refractivity contribution in [1.29, 1.82) is 0 Å². The summed E-state index contributed by atoms with van der Waals surface area (Å²) in [6, 6.07) is 5.95. The van der Waals surface area contributed by atoms with Crippen molar-refractivity contribution in [3.63, 3.8) is 0 Å². The molecule has 0 aliphatic rings. The third kappa shape index (κ3) is 3.71. The second-order valence-corrected chi connectivity index (χ2v) is 3.84. The average Bonchev–Trinajstić information content (AvgIpc) is 2.28. The van der Waals surface area contributed by atoms with Crippen molar-refractivity contribution < 1.29 is 9.18 Å². The van der Waals surface area contributed by atoms with Crippen LogP contribution in [0.15, 0.2) is 24.3 Å². The number of hydrogen-bond donors (Lipinski definition) is 2. The lowest BCUT2D eigenvalue weighted by molar-refractivity contribution is -0.119. The number of halogens is 1. The van der Waals surface area contributed by atoms with Crippen LogP contribution in [0.1, 0.15) is 6.92 Å². The highest BCUT2D eigenvalue weighted by molar-refractivity contribution is 5.80. The van der Waals surface area contributed by atoms with E-state index in [1.807, 2.05) is 6.92 Å². The predicted octanol–water partition coefficient (Wildman–Crippen LogP) is 0.725. The number of primary amides is 1. The van der Waals surface area contributed by atoms with Crippen molar-refractivity contribution in [2.75, 3.05) is 25.0 Å². The van der Waals surface area contributed by atoms with Gasteiger partial charge in [0.25, 0.3) is 0 Å². The second-order valence-electron chi connectivity index (χ2n) is 3.84. The molecule has 1 aromatic rings. The summed E-state index contributed by atoms with van der Waals surface area (Å²) in [5.74, 6) is -0.746. The first-order valence-corrected chi connectivity index (χ1v) is 5.54. The molecule has 94 valence electrons. The van der Waals surface area contributed by atoms with Crippen LogP contribution in [0.5, 0.6) is 0 Å². The van der Waals surface area contributed by atoms with E-state index in [1.165, 1.54) is 6.07 Å². The molecule has 3 N–H and O–H groups in total. The van der Waals surface area contributed by atoms with Gasteiger partial charge in [-0.2, -0.15) is 0 Å². The minimum atomic E-state index is -0.482. The van der Waals surface area contributed by atoms with E-state index in [0.717, 1.165) is 0 Å². The van der Waals surface area contributed by atoms with E-state index >= 15 is 0 Å². The molecule has 0 saturated heterocycles. The van der Waals surface area contributed by atoms with E-state index in [4.69, 9.17) is 5.73 Å². The molecule has 0 spiro atoms. The highest BCUT2D eigenvalue weighted by atomic mass is 19.1. The largest absolute Gasteiger partial charge is 0.370 e. The van der Waals surface area contributed by atoms with Crippen LogP contribution in [0, 0.1) is 5.82 Å². The Labute approximate surface area is 101 Å². The van der Waals surface area contributed by atoms with Crippen LogP contribution in [-0.2, 0) is 4.79 Å². The van der Waals surface area contributed by atoms with Crippen LogP contribution in [0.2, 0.25) is 0 Å². The van der Waals surface area contributed by atoms with Crippen LogP contribution in [-0.4, -0.2) is 32.1 Å². The molecule has 0 aliphatic heterocycles. The second kappa shape index (κ2) is 6.20. The summed E-state index contributed by atoms with van der Waals surface area (Å²) in [7, 11) is 1.73. The lowest BCUT2D eigenvalue weighted by atomic mass is 10.2. The Hall–Kier alpha value is -1.62. The summed E-state index contributed by atoms with van der Waals surface area (Å²) in [5, 5.41) is 2.96. The Balaban J connectivity index is 2.73. The van der Waals surface area contributed by atoms with Gasteiger partial charge in [-0.3, -0.25) is 4.79 Å². The number of nitrogens with zero attached hydrogens (tertiary/aromatic N) is 1. The lowest BCUT2D eigenvalue weighted by Gasteiger charge is -2.24. The van der Waals surface area contributed by atoms with Gasteiger partial charge in [0.1, 0.15) is 11.9 Å². The number of anilines is 1. The monoisotopic (exact) mass is 239 g/mol. The van der Waals surface area contributed by atoms with Crippen LogP contribution in [0.3, 0.4) is 0 Å². The molecule has 0 saturated carbocycles. The zero-order valence-electron chi connectivity index (χ0n) is 10.1. The van der Waals surface area contributed by atoms with Gasteiger partial charge in [-0.1, -0.05) is 19.1 Å². The molecule has 0 bridgehead atoms. The summed E-state index contributed by atoms with van der Waals surface area (Å²) >= 11 is 0. The van der Waals surface area contributed by atoms with Crippen LogP contribution < -0.4 is 16.0 Å². The van der Waals surface area contributed by atoms with E-state index in [1.54, 1.807) is 30.1 Å². The number of amides is 1. The number of para-hydroxylation sites is 1. The molecule has 0 aliphatic carbocycles. The summed E-state index contributed by atoms with van der Waals surface area (Å²) in [4.78, 5) is 12.9. The Morgan fingerprint density at radius 1 is 1.53 bits per heavy atom. The predicted molar refractivity (Wildman–Crippen MR) is 66.3 cm³/mol.